The number of ether oxygens (including phenoxy) is 2. The summed E-state index contributed by atoms with van der Waals surface area (Å²) in [7, 11) is 0. The molecule has 0 bridgehead atoms. The molecule has 1 aromatic heterocycles. The molecule has 0 aliphatic carbocycles. The molecule has 110 valence electrons. The lowest BCUT2D eigenvalue weighted by molar-refractivity contribution is -0.0441. The molecule has 22 heavy (non-hydrogen) atoms. The highest BCUT2D eigenvalue weighted by Gasteiger charge is 2.25. The molecule has 1 fully saturated rings. The van der Waals surface area contributed by atoms with Gasteiger partial charge in [0.25, 0.3) is 0 Å². The molecule has 0 N–H and O–H groups in total. The zero-order valence-corrected chi connectivity index (χ0v) is 11.8. The van der Waals surface area contributed by atoms with E-state index in [1.54, 1.807) is 42.6 Å². The number of carbonyl (C=O) groups excluding carboxylic acids is 1. The van der Waals surface area contributed by atoms with E-state index in [0.717, 1.165) is 5.56 Å². The minimum Gasteiger partial charge on any atom is -0.346 e. The molecule has 1 aliphatic rings. The van der Waals surface area contributed by atoms with Gasteiger partial charge in [0.1, 0.15) is 0 Å². The van der Waals surface area contributed by atoms with Crippen LogP contribution in [-0.2, 0) is 9.47 Å². The maximum Gasteiger partial charge on any atom is 0.186 e. The molecular formula is C17H14N2O3. The number of pyridine rings is 1. The maximum absolute atomic E-state index is 12.6. The second kappa shape index (κ2) is 6.48. The Bertz CT molecular complexity index is 703. The summed E-state index contributed by atoms with van der Waals surface area (Å²) in [4.78, 5) is 16.7. The van der Waals surface area contributed by atoms with Crippen molar-refractivity contribution in [2.45, 2.75) is 12.2 Å². The van der Waals surface area contributed by atoms with Crippen LogP contribution in [0.5, 0.6) is 0 Å². The Labute approximate surface area is 128 Å². The van der Waals surface area contributed by atoms with Gasteiger partial charge in [-0.25, -0.2) is 0 Å². The second-order valence-electron chi connectivity index (χ2n) is 4.88. The third-order valence-corrected chi connectivity index (χ3v) is 3.44. The number of rotatable bonds is 4. The van der Waals surface area contributed by atoms with Crippen molar-refractivity contribution in [3.63, 3.8) is 0 Å². The summed E-state index contributed by atoms with van der Waals surface area (Å²) in [5, 5.41) is 9.33. The number of hydrogen-bond acceptors (Lipinski definition) is 5. The Kier molecular flexibility index (Phi) is 4.24. The molecule has 0 saturated carbocycles. The normalized spacial score (nSPS) is 16.1. The third-order valence-electron chi connectivity index (χ3n) is 3.44. The van der Waals surface area contributed by atoms with Crippen LogP contribution in [0.15, 0.2) is 48.7 Å². The van der Waals surface area contributed by atoms with Crippen LogP contribution in [0.3, 0.4) is 0 Å². The van der Waals surface area contributed by atoms with E-state index in [1.165, 1.54) is 0 Å². The molecule has 1 saturated heterocycles. The van der Waals surface area contributed by atoms with Crippen molar-refractivity contribution in [1.29, 1.82) is 5.26 Å². The first kappa shape index (κ1) is 14.4. The van der Waals surface area contributed by atoms with E-state index in [2.05, 4.69) is 4.98 Å². The lowest BCUT2D eigenvalue weighted by Gasteiger charge is -2.12. The number of carbonyl (C=O) groups is 1. The van der Waals surface area contributed by atoms with Crippen LogP contribution >= 0.6 is 0 Å². The van der Waals surface area contributed by atoms with Crippen molar-refractivity contribution in [3.8, 4) is 6.07 Å². The number of ketones is 1. The predicted octanol–water partition coefficient (Wildman–Crippen LogP) is 2.62. The van der Waals surface area contributed by atoms with Gasteiger partial charge in [0.15, 0.2) is 18.0 Å². The van der Waals surface area contributed by atoms with Crippen LogP contribution in [-0.4, -0.2) is 24.0 Å². The van der Waals surface area contributed by atoms with Crippen molar-refractivity contribution in [1.82, 2.24) is 4.98 Å². The summed E-state index contributed by atoms with van der Waals surface area (Å²) < 4.78 is 10.9. The summed E-state index contributed by atoms with van der Waals surface area (Å²) in [6.07, 6.45) is 1.13. The van der Waals surface area contributed by atoms with E-state index in [0.29, 0.717) is 24.5 Å². The van der Waals surface area contributed by atoms with E-state index < -0.39 is 12.2 Å². The molecule has 1 aromatic carbocycles. The molecule has 2 heterocycles. The highest BCUT2D eigenvalue weighted by atomic mass is 16.7. The predicted molar refractivity (Wildman–Crippen MR) is 78.0 cm³/mol. The first-order valence-electron chi connectivity index (χ1n) is 6.97. The van der Waals surface area contributed by atoms with E-state index in [1.807, 2.05) is 12.1 Å². The number of nitriles is 1. The van der Waals surface area contributed by atoms with E-state index in [9.17, 15) is 10.1 Å². The Balaban J connectivity index is 1.88. The SMILES string of the molecule is N#C[C@@H](C(=O)c1cccc(C2OCCO2)c1)c1ccccn1. The zero-order valence-electron chi connectivity index (χ0n) is 11.8. The molecule has 1 aliphatic heterocycles. The molecule has 0 amide bonds. The minimum absolute atomic E-state index is 0.277. The highest BCUT2D eigenvalue weighted by Crippen LogP contribution is 2.26. The monoisotopic (exact) mass is 294 g/mol. The zero-order chi connectivity index (χ0) is 15.4. The third kappa shape index (κ3) is 2.89. The van der Waals surface area contributed by atoms with Gasteiger partial charge in [0.05, 0.1) is 25.0 Å². The number of Topliss-reactive ketones (excluding diaryl/α,β-unsaturated/α-hetero) is 1. The van der Waals surface area contributed by atoms with E-state index in [4.69, 9.17) is 9.47 Å². The standard InChI is InChI=1S/C17H14N2O3/c18-11-14(15-6-1-2-7-19-15)16(20)12-4-3-5-13(10-12)17-21-8-9-22-17/h1-7,10,14,17H,8-9H2/t14-/m1/s1. The molecular weight excluding hydrogens is 280 g/mol. The van der Waals surface area contributed by atoms with Crippen LogP contribution < -0.4 is 0 Å². The molecule has 1 atom stereocenters. The van der Waals surface area contributed by atoms with Gasteiger partial charge >= 0.3 is 0 Å². The topological polar surface area (TPSA) is 72.2 Å². The minimum atomic E-state index is -0.915. The van der Waals surface area contributed by atoms with Crippen molar-refractivity contribution in [3.05, 3.63) is 65.5 Å². The summed E-state index contributed by atoms with van der Waals surface area (Å²) in [5.74, 6) is -1.19. The summed E-state index contributed by atoms with van der Waals surface area (Å²) in [5.41, 5.74) is 1.68. The molecule has 3 rings (SSSR count). The number of nitrogens with zero attached hydrogens (tertiary/aromatic N) is 2. The van der Waals surface area contributed by atoms with Gasteiger partial charge in [-0.2, -0.15) is 5.26 Å². The number of aromatic nitrogens is 1. The Hall–Kier alpha value is -2.55. The van der Waals surface area contributed by atoms with Gasteiger partial charge in [-0.05, 0) is 18.2 Å². The lowest BCUT2D eigenvalue weighted by Crippen LogP contribution is -2.13. The van der Waals surface area contributed by atoms with Gasteiger partial charge < -0.3 is 9.47 Å². The van der Waals surface area contributed by atoms with Gasteiger partial charge in [-0.15, -0.1) is 0 Å². The fraction of sp³-hybridized carbons (Fsp3) is 0.235. The maximum atomic E-state index is 12.6. The van der Waals surface area contributed by atoms with Gasteiger partial charge in [-0.3, -0.25) is 9.78 Å². The molecule has 5 heteroatoms. The van der Waals surface area contributed by atoms with Crippen molar-refractivity contribution in [2.75, 3.05) is 13.2 Å². The van der Waals surface area contributed by atoms with Gasteiger partial charge in [0.2, 0.25) is 0 Å². The average molecular weight is 294 g/mol. The lowest BCUT2D eigenvalue weighted by atomic mass is 9.94. The molecule has 5 nitrogen and oxygen atoms in total. The van der Waals surface area contributed by atoms with E-state index in [-0.39, 0.29) is 5.78 Å². The van der Waals surface area contributed by atoms with E-state index >= 15 is 0 Å². The summed E-state index contributed by atoms with van der Waals surface area (Å²) in [6, 6.07) is 14.2. The van der Waals surface area contributed by atoms with Crippen LogP contribution in [0.4, 0.5) is 0 Å². The fourth-order valence-corrected chi connectivity index (χ4v) is 2.36. The molecule has 0 spiro atoms. The van der Waals surface area contributed by atoms with Gasteiger partial charge in [-0.1, -0.05) is 24.3 Å². The summed E-state index contributed by atoms with van der Waals surface area (Å²) >= 11 is 0. The van der Waals surface area contributed by atoms with Crippen molar-refractivity contribution in [2.24, 2.45) is 0 Å². The van der Waals surface area contributed by atoms with Crippen LogP contribution in [0.25, 0.3) is 0 Å². The summed E-state index contributed by atoms with van der Waals surface area (Å²) in [6.45, 7) is 1.08. The Morgan fingerprint density at radius 1 is 1.23 bits per heavy atom. The van der Waals surface area contributed by atoms with Crippen molar-refractivity contribution >= 4 is 5.78 Å². The smallest absolute Gasteiger partial charge is 0.186 e. The highest BCUT2D eigenvalue weighted by molar-refractivity contribution is 6.02. The average Bonchev–Trinajstić information content (AvgIpc) is 3.11. The largest absolute Gasteiger partial charge is 0.346 e. The van der Waals surface area contributed by atoms with Crippen molar-refractivity contribution < 1.29 is 14.3 Å². The Morgan fingerprint density at radius 2 is 2.05 bits per heavy atom. The van der Waals surface area contributed by atoms with Crippen LogP contribution in [0, 0.1) is 11.3 Å². The number of hydrogen-bond donors (Lipinski definition) is 0. The Morgan fingerprint density at radius 3 is 2.73 bits per heavy atom. The quantitative estimate of drug-likeness (QED) is 0.810. The van der Waals surface area contributed by atoms with Crippen LogP contribution in [0.1, 0.15) is 33.8 Å². The fourth-order valence-electron chi connectivity index (χ4n) is 2.36. The number of benzene rings is 1. The first-order chi connectivity index (χ1) is 10.8. The first-order valence-corrected chi connectivity index (χ1v) is 6.97. The van der Waals surface area contributed by atoms with Crippen LogP contribution in [0.2, 0.25) is 0 Å². The molecule has 0 unspecified atom stereocenters. The molecule has 2 aromatic rings. The second-order valence-corrected chi connectivity index (χ2v) is 4.88. The van der Waals surface area contributed by atoms with Gasteiger partial charge in [0, 0.05) is 17.3 Å². The molecule has 0 radical (unpaired) electrons.